The van der Waals surface area contributed by atoms with E-state index in [0.717, 1.165) is 12.8 Å². The molecule has 0 aromatic heterocycles. The summed E-state index contributed by atoms with van der Waals surface area (Å²) in [5.74, 6) is -0.835. The Labute approximate surface area is 92.4 Å². The van der Waals surface area contributed by atoms with Crippen LogP contribution in [0.15, 0.2) is 12.2 Å². The van der Waals surface area contributed by atoms with E-state index in [2.05, 4.69) is 13.5 Å². The van der Waals surface area contributed by atoms with Gasteiger partial charge in [-0.3, -0.25) is 0 Å². The van der Waals surface area contributed by atoms with Crippen molar-refractivity contribution in [2.24, 2.45) is 5.41 Å². The highest BCUT2D eigenvalue weighted by atomic mass is 16.4. The van der Waals surface area contributed by atoms with E-state index in [9.17, 15) is 4.79 Å². The maximum Gasteiger partial charge on any atom is 0.330 e. The van der Waals surface area contributed by atoms with Gasteiger partial charge in [-0.1, -0.05) is 45.6 Å². The lowest BCUT2D eigenvalue weighted by Gasteiger charge is -2.31. The molecule has 2 heteroatoms. The molecular formula is C13H22O2. The van der Waals surface area contributed by atoms with Gasteiger partial charge in [0.2, 0.25) is 0 Å². The van der Waals surface area contributed by atoms with Crippen LogP contribution in [0.2, 0.25) is 0 Å². The number of carboxylic acids is 1. The van der Waals surface area contributed by atoms with Crippen molar-refractivity contribution in [3.63, 3.8) is 0 Å². The molecular weight excluding hydrogens is 188 g/mol. The zero-order chi connectivity index (χ0) is 11.3. The summed E-state index contributed by atoms with van der Waals surface area (Å²) in [5, 5.41) is 8.85. The smallest absolute Gasteiger partial charge is 0.330 e. The minimum absolute atomic E-state index is 0.176. The first-order valence-electron chi connectivity index (χ1n) is 5.95. The van der Waals surface area contributed by atoms with Gasteiger partial charge in [0.15, 0.2) is 0 Å². The molecule has 0 aromatic carbocycles. The molecule has 2 nitrogen and oxygen atoms in total. The van der Waals surface area contributed by atoms with Crippen molar-refractivity contribution in [2.75, 3.05) is 0 Å². The second kappa shape index (κ2) is 5.34. The lowest BCUT2D eigenvalue weighted by Crippen LogP contribution is -2.20. The van der Waals surface area contributed by atoms with Crippen molar-refractivity contribution in [3.8, 4) is 0 Å². The molecule has 0 unspecified atom stereocenters. The molecule has 0 saturated heterocycles. The first kappa shape index (κ1) is 12.3. The van der Waals surface area contributed by atoms with Gasteiger partial charge in [0.05, 0.1) is 0 Å². The van der Waals surface area contributed by atoms with Crippen molar-refractivity contribution in [3.05, 3.63) is 12.2 Å². The summed E-state index contributed by atoms with van der Waals surface area (Å²) in [5.41, 5.74) is 0.550. The number of hydrogen-bond donors (Lipinski definition) is 1. The molecule has 1 N–H and O–H groups in total. The Morgan fingerprint density at radius 3 is 2.13 bits per heavy atom. The average molecular weight is 210 g/mol. The van der Waals surface area contributed by atoms with Crippen LogP contribution in [-0.4, -0.2) is 11.1 Å². The summed E-state index contributed by atoms with van der Waals surface area (Å²) in [4.78, 5) is 10.8. The van der Waals surface area contributed by atoms with Gasteiger partial charge in [0, 0.05) is 5.57 Å². The fourth-order valence-corrected chi connectivity index (χ4v) is 2.53. The van der Waals surface area contributed by atoms with Gasteiger partial charge in [0.1, 0.15) is 0 Å². The van der Waals surface area contributed by atoms with Crippen molar-refractivity contribution in [1.29, 1.82) is 0 Å². The van der Waals surface area contributed by atoms with E-state index in [-0.39, 0.29) is 5.41 Å². The van der Waals surface area contributed by atoms with Gasteiger partial charge in [0.25, 0.3) is 0 Å². The van der Waals surface area contributed by atoms with Gasteiger partial charge >= 0.3 is 5.97 Å². The Morgan fingerprint density at radius 1 is 1.20 bits per heavy atom. The molecule has 0 atom stereocenters. The van der Waals surface area contributed by atoms with E-state index >= 15 is 0 Å². The minimum atomic E-state index is -0.835. The first-order chi connectivity index (χ1) is 7.03. The summed E-state index contributed by atoms with van der Waals surface area (Å²) in [6.45, 7) is 5.86. The van der Waals surface area contributed by atoms with Crippen molar-refractivity contribution in [1.82, 2.24) is 0 Å². The molecule has 86 valence electrons. The molecule has 0 amide bonds. The largest absolute Gasteiger partial charge is 0.478 e. The van der Waals surface area contributed by atoms with Crippen LogP contribution in [0.5, 0.6) is 0 Å². The molecule has 0 bridgehead atoms. The van der Waals surface area contributed by atoms with Gasteiger partial charge in [-0.2, -0.15) is 0 Å². The fraction of sp³-hybridized carbons (Fsp3) is 0.769. The molecule has 0 heterocycles. The van der Waals surface area contributed by atoms with E-state index in [0.29, 0.717) is 12.0 Å². The Kier molecular flexibility index (Phi) is 4.37. The van der Waals surface area contributed by atoms with Crippen LogP contribution < -0.4 is 0 Å². The van der Waals surface area contributed by atoms with Crippen LogP contribution >= 0.6 is 0 Å². The molecule has 0 aromatic rings. The second-order valence-corrected chi connectivity index (χ2v) is 5.16. The highest BCUT2D eigenvalue weighted by Crippen LogP contribution is 2.38. The highest BCUT2D eigenvalue weighted by molar-refractivity contribution is 5.85. The molecule has 1 aliphatic rings. The Morgan fingerprint density at radius 2 is 1.67 bits per heavy atom. The number of hydrogen-bond acceptors (Lipinski definition) is 1. The maximum atomic E-state index is 10.8. The van der Waals surface area contributed by atoms with Gasteiger partial charge in [-0.15, -0.1) is 0 Å². The van der Waals surface area contributed by atoms with Crippen LogP contribution in [0.1, 0.15) is 58.3 Å². The Hall–Kier alpha value is -0.790. The normalized spacial score (nSPS) is 21.4. The molecule has 15 heavy (non-hydrogen) atoms. The molecule has 0 spiro atoms. The van der Waals surface area contributed by atoms with E-state index in [1.165, 1.54) is 32.1 Å². The summed E-state index contributed by atoms with van der Waals surface area (Å²) in [7, 11) is 0. The summed E-state index contributed by atoms with van der Waals surface area (Å²) < 4.78 is 0. The zero-order valence-corrected chi connectivity index (χ0v) is 9.72. The SMILES string of the molecule is C=C(CC1(C)CCCCCCC1)C(=O)O. The second-order valence-electron chi connectivity index (χ2n) is 5.16. The summed E-state index contributed by atoms with van der Waals surface area (Å²) in [6, 6.07) is 0. The third-order valence-electron chi connectivity index (χ3n) is 3.50. The Balaban J connectivity index is 2.53. The van der Waals surface area contributed by atoms with Crippen LogP contribution in [0, 0.1) is 5.41 Å². The third kappa shape index (κ3) is 4.06. The number of rotatable bonds is 3. The lowest BCUT2D eigenvalue weighted by molar-refractivity contribution is -0.133. The van der Waals surface area contributed by atoms with Crippen LogP contribution in [0.4, 0.5) is 0 Å². The zero-order valence-electron chi connectivity index (χ0n) is 9.72. The monoisotopic (exact) mass is 210 g/mol. The summed E-state index contributed by atoms with van der Waals surface area (Å²) in [6.07, 6.45) is 9.38. The molecule has 1 saturated carbocycles. The van der Waals surface area contributed by atoms with Gasteiger partial charge < -0.3 is 5.11 Å². The van der Waals surface area contributed by atoms with Crippen LogP contribution in [0.25, 0.3) is 0 Å². The topological polar surface area (TPSA) is 37.3 Å². The number of carbonyl (C=O) groups is 1. The minimum Gasteiger partial charge on any atom is -0.478 e. The van der Waals surface area contributed by atoms with E-state index in [1.54, 1.807) is 0 Å². The third-order valence-corrected chi connectivity index (χ3v) is 3.50. The maximum absolute atomic E-state index is 10.8. The van der Waals surface area contributed by atoms with E-state index < -0.39 is 5.97 Å². The number of aliphatic carboxylic acids is 1. The van der Waals surface area contributed by atoms with Crippen LogP contribution in [-0.2, 0) is 4.79 Å². The predicted octanol–water partition coefficient (Wildman–Crippen LogP) is 3.77. The van der Waals surface area contributed by atoms with Gasteiger partial charge in [-0.25, -0.2) is 4.79 Å². The quantitative estimate of drug-likeness (QED) is 0.720. The molecule has 1 fully saturated rings. The van der Waals surface area contributed by atoms with Crippen molar-refractivity contribution in [2.45, 2.75) is 58.3 Å². The summed E-state index contributed by atoms with van der Waals surface area (Å²) >= 11 is 0. The molecule has 1 rings (SSSR count). The number of carboxylic acid groups (broad SMARTS) is 1. The van der Waals surface area contributed by atoms with E-state index in [4.69, 9.17) is 5.11 Å². The molecule has 0 radical (unpaired) electrons. The van der Waals surface area contributed by atoms with Crippen molar-refractivity contribution >= 4 is 5.97 Å². The molecule has 0 aliphatic heterocycles. The van der Waals surface area contributed by atoms with Crippen LogP contribution in [0.3, 0.4) is 0 Å². The average Bonchev–Trinajstić information content (AvgIpc) is 2.12. The van der Waals surface area contributed by atoms with Crippen molar-refractivity contribution < 1.29 is 9.90 Å². The standard InChI is InChI=1S/C13H22O2/c1-11(12(14)15)10-13(2)8-6-4-3-5-7-9-13/h1,3-10H2,2H3,(H,14,15). The first-order valence-corrected chi connectivity index (χ1v) is 5.95. The fourth-order valence-electron chi connectivity index (χ4n) is 2.53. The highest BCUT2D eigenvalue weighted by Gasteiger charge is 2.27. The lowest BCUT2D eigenvalue weighted by atomic mass is 9.74. The van der Waals surface area contributed by atoms with E-state index in [1.807, 2.05) is 0 Å². The predicted molar refractivity (Wildman–Crippen MR) is 61.8 cm³/mol. The Bertz CT molecular complexity index is 235. The van der Waals surface area contributed by atoms with Gasteiger partial charge in [-0.05, 0) is 24.7 Å². The molecule has 1 aliphatic carbocycles.